The summed E-state index contributed by atoms with van der Waals surface area (Å²) >= 11 is 1.80. The van der Waals surface area contributed by atoms with Gasteiger partial charge in [-0.1, -0.05) is 6.07 Å². The van der Waals surface area contributed by atoms with Crippen LogP contribution in [0.2, 0.25) is 0 Å². The predicted molar refractivity (Wildman–Crippen MR) is 60.5 cm³/mol. The first-order chi connectivity index (χ1) is 7.29. The molecule has 0 aliphatic heterocycles. The normalized spacial score (nSPS) is 11.5. The lowest BCUT2D eigenvalue weighted by molar-refractivity contribution is -0.134. The largest absolute Gasteiger partial charge is 0.478 e. The molecule has 6 heteroatoms. The van der Waals surface area contributed by atoms with Crippen molar-refractivity contribution in [2.45, 2.75) is 19.0 Å². The van der Waals surface area contributed by atoms with Crippen molar-refractivity contribution in [3.05, 3.63) is 32.9 Å². The first-order valence-corrected chi connectivity index (χ1v) is 5.46. The maximum Gasteiger partial charge on any atom is 0.389 e. The number of hydrogen-bond acceptors (Lipinski definition) is 1. The van der Waals surface area contributed by atoms with E-state index in [1.165, 1.54) is 18.2 Å². The summed E-state index contributed by atoms with van der Waals surface area (Å²) in [5.41, 5.74) is 0.600. The van der Waals surface area contributed by atoms with Crippen molar-refractivity contribution >= 4 is 28.6 Å². The molecule has 0 aromatic heterocycles. The summed E-state index contributed by atoms with van der Waals surface area (Å²) in [6.45, 7) is 0. The highest BCUT2D eigenvalue weighted by Crippen LogP contribution is 2.23. The molecule has 0 unspecified atom stereocenters. The number of hydrogen-bond donors (Lipinski definition) is 1. The maximum atomic E-state index is 12.0. The molecule has 0 radical (unpaired) electrons. The van der Waals surface area contributed by atoms with Gasteiger partial charge in [-0.15, -0.1) is 0 Å². The molecule has 16 heavy (non-hydrogen) atoms. The smallest absolute Gasteiger partial charge is 0.389 e. The van der Waals surface area contributed by atoms with Crippen molar-refractivity contribution in [1.82, 2.24) is 0 Å². The lowest BCUT2D eigenvalue weighted by Crippen LogP contribution is -2.09. The van der Waals surface area contributed by atoms with Crippen molar-refractivity contribution in [3.8, 4) is 0 Å². The second-order valence-corrected chi connectivity index (χ2v) is 4.40. The van der Waals surface area contributed by atoms with E-state index in [1.807, 2.05) is 0 Å². The van der Waals surface area contributed by atoms with Gasteiger partial charge in [-0.25, -0.2) is 4.79 Å². The Morgan fingerprint density at radius 2 is 2.00 bits per heavy atom. The first kappa shape index (κ1) is 13.3. The van der Waals surface area contributed by atoms with Crippen LogP contribution in [0.3, 0.4) is 0 Å². The van der Waals surface area contributed by atoms with E-state index < -0.39 is 18.6 Å². The molecule has 0 saturated heterocycles. The number of carboxylic acids is 1. The first-order valence-electron chi connectivity index (χ1n) is 4.38. The maximum absolute atomic E-state index is 12.0. The van der Waals surface area contributed by atoms with E-state index in [-0.39, 0.29) is 12.0 Å². The van der Waals surface area contributed by atoms with E-state index in [0.29, 0.717) is 9.13 Å². The second-order valence-electron chi connectivity index (χ2n) is 3.23. The van der Waals surface area contributed by atoms with Crippen LogP contribution in [0.1, 0.15) is 22.3 Å². The molecule has 1 rings (SSSR count). The zero-order chi connectivity index (χ0) is 12.3. The molecule has 0 spiro atoms. The third kappa shape index (κ3) is 3.99. The van der Waals surface area contributed by atoms with Gasteiger partial charge in [0.2, 0.25) is 0 Å². The molecule has 1 aromatic rings. The fourth-order valence-electron chi connectivity index (χ4n) is 1.17. The van der Waals surface area contributed by atoms with Gasteiger partial charge in [-0.2, -0.15) is 13.2 Å². The average Bonchev–Trinajstić information content (AvgIpc) is 2.13. The van der Waals surface area contributed by atoms with Gasteiger partial charge >= 0.3 is 12.1 Å². The van der Waals surface area contributed by atoms with Gasteiger partial charge in [0.25, 0.3) is 0 Å². The quantitative estimate of drug-likeness (QED) is 0.853. The Bertz CT molecular complexity index is 402. The van der Waals surface area contributed by atoms with Crippen molar-refractivity contribution < 1.29 is 23.1 Å². The van der Waals surface area contributed by atoms with Crippen molar-refractivity contribution in [1.29, 1.82) is 0 Å². The van der Waals surface area contributed by atoms with E-state index >= 15 is 0 Å². The Morgan fingerprint density at radius 3 is 2.44 bits per heavy atom. The SMILES string of the molecule is O=C(O)c1ccc(CCC(F)(F)F)cc1I. The summed E-state index contributed by atoms with van der Waals surface area (Å²) < 4.78 is 36.3. The van der Waals surface area contributed by atoms with Crippen molar-refractivity contribution in [2.75, 3.05) is 0 Å². The number of benzene rings is 1. The number of alkyl halides is 3. The molecule has 1 N–H and O–H groups in total. The summed E-state index contributed by atoms with van der Waals surface area (Å²) in [5.74, 6) is -1.08. The van der Waals surface area contributed by atoms with Gasteiger partial charge < -0.3 is 5.11 Å². The van der Waals surface area contributed by atoms with Crippen LogP contribution in [0.5, 0.6) is 0 Å². The third-order valence-electron chi connectivity index (χ3n) is 1.96. The highest BCUT2D eigenvalue weighted by Gasteiger charge is 2.26. The number of carboxylic acid groups (broad SMARTS) is 1. The Balaban J connectivity index is 2.78. The zero-order valence-electron chi connectivity index (χ0n) is 8.01. The fraction of sp³-hybridized carbons (Fsp3) is 0.300. The molecule has 88 valence electrons. The van der Waals surface area contributed by atoms with E-state index in [9.17, 15) is 18.0 Å². The average molecular weight is 344 g/mol. The van der Waals surface area contributed by atoms with Crippen molar-refractivity contribution in [2.24, 2.45) is 0 Å². The molecule has 0 fully saturated rings. The van der Waals surface area contributed by atoms with E-state index in [2.05, 4.69) is 0 Å². The number of halogens is 4. The Morgan fingerprint density at radius 1 is 1.38 bits per heavy atom. The summed E-state index contributed by atoms with van der Waals surface area (Å²) in [6, 6.07) is 4.21. The third-order valence-corrected chi connectivity index (χ3v) is 2.85. The lowest BCUT2D eigenvalue weighted by Gasteiger charge is -2.07. The summed E-state index contributed by atoms with van der Waals surface area (Å²) in [7, 11) is 0. The van der Waals surface area contributed by atoms with Crippen LogP contribution in [0.4, 0.5) is 13.2 Å². The second kappa shape index (κ2) is 5.03. The monoisotopic (exact) mass is 344 g/mol. The van der Waals surface area contributed by atoms with Gasteiger partial charge in [-0.05, 0) is 46.7 Å². The van der Waals surface area contributed by atoms with Crippen LogP contribution < -0.4 is 0 Å². The number of aromatic carboxylic acids is 1. The molecule has 0 aliphatic carbocycles. The van der Waals surface area contributed by atoms with Crippen LogP contribution in [-0.2, 0) is 6.42 Å². The molecule has 2 nitrogen and oxygen atoms in total. The number of rotatable bonds is 3. The Labute approximate surface area is 104 Å². The molecule has 0 amide bonds. The van der Waals surface area contributed by atoms with Crippen molar-refractivity contribution in [3.63, 3.8) is 0 Å². The van der Waals surface area contributed by atoms with E-state index in [1.54, 1.807) is 22.6 Å². The molecule has 0 aliphatic rings. The predicted octanol–water partition coefficient (Wildman–Crippen LogP) is 3.48. The van der Waals surface area contributed by atoms with Gasteiger partial charge in [0, 0.05) is 9.99 Å². The summed E-state index contributed by atoms with van der Waals surface area (Å²) in [5, 5.41) is 8.73. The van der Waals surface area contributed by atoms with E-state index in [0.717, 1.165) is 0 Å². The molecule has 0 heterocycles. The molecule has 1 aromatic carbocycles. The Kier molecular flexibility index (Phi) is 4.17. The van der Waals surface area contributed by atoms with Crippen LogP contribution in [0.15, 0.2) is 18.2 Å². The van der Waals surface area contributed by atoms with Crippen LogP contribution in [-0.4, -0.2) is 17.3 Å². The van der Waals surface area contributed by atoms with Gasteiger partial charge in [-0.3, -0.25) is 0 Å². The summed E-state index contributed by atoms with van der Waals surface area (Å²) in [4.78, 5) is 10.7. The molecule has 0 saturated carbocycles. The van der Waals surface area contributed by atoms with Gasteiger partial charge in [0.05, 0.1) is 5.56 Å². The minimum absolute atomic E-state index is 0.108. The highest BCUT2D eigenvalue weighted by atomic mass is 127. The highest BCUT2D eigenvalue weighted by molar-refractivity contribution is 14.1. The standard InChI is InChI=1S/C10H8F3IO2/c11-10(12,13)4-3-6-1-2-7(9(15)16)8(14)5-6/h1-2,5H,3-4H2,(H,15,16). The topological polar surface area (TPSA) is 37.3 Å². The minimum atomic E-state index is -4.18. The summed E-state index contributed by atoms with van der Waals surface area (Å²) in [6.07, 6.45) is -5.20. The van der Waals surface area contributed by atoms with Crippen LogP contribution in [0, 0.1) is 3.57 Å². The Hall–Kier alpha value is -0.790. The van der Waals surface area contributed by atoms with E-state index in [4.69, 9.17) is 5.11 Å². The lowest BCUT2D eigenvalue weighted by atomic mass is 10.1. The minimum Gasteiger partial charge on any atom is -0.478 e. The van der Waals surface area contributed by atoms with Crippen LogP contribution in [0.25, 0.3) is 0 Å². The number of aryl methyl sites for hydroxylation is 1. The molecule has 0 atom stereocenters. The number of carbonyl (C=O) groups is 1. The zero-order valence-corrected chi connectivity index (χ0v) is 10.2. The molecule has 0 bridgehead atoms. The van der Waals surface area contributed by atoms with Gasteiger partial charge in [0.15, 0.2) is 0 Å². The molecular formula is C10H8F3IO2. The fourth-order valence-corrected chi connectivity index (χ4v) is 1.98. The molecular weight excluding hydrogens is 336 g/mol. The van der Waals surface area contributed by atoms with Gasteiger partial charge in [0.1, 0.15) is 0 Å². The van der Waals surface area contributed by atoms with Crippen LogP contribution >= 0.6 is 22.6 Å².